The van der Waals surface area contributed by atoms with Crippen LogP contribution in [0.2, 0.25) is 0 Å². The summed E-state index contributed by atoms with van der Waals surface area (Å²) in [4.78, 5) is 25.9. The van der Waals surface area contributed by atoms with Crippen LogP contribution in [0.5, 0.6) is 0 Å². The van der Waals surface area contributed by atoms with Gasteiger partial charge in [-0.1, -0.05) is 12.2 Å². The molecule has 8 nitrogen and oxygen atoms in total. The number of primary amides is 1. The number of allylic oxidation sites excluding steroid dienone is 5. The lowest BCUT2D eigenvalue weighted by molar-refractivity contribution is 0.0185. The summed E-state index contributed by atoms with van der Waals surface area (Å²) >= 11 is 0. The Hall–Kier alpha value is -3.10. The van der Waals surface area contributed by atoms with E-state index < -0.39 is 11.5 Å². The average molecular weight is 434 g/mol. The number of nitrogens with zero attached hydrogens (tertiary/aromatic N) is 3. The minimum absolute atomic E-state index is 0.0115. The zero-order chi connectivity index (χ0) is 23.2. The van der Waals surface area contributed by atoms with Crippen LogP contribution in [0, 0.1) is 0 Å². The number of piperidine rings is 1. The van der Waals surface area contributed by atoms with Crippen molar-refractivity contribution in [2.75, 3.05) is 18.4 Å². The van der Waals surface area contributed by atoms with Gasteiger partial charge in [-0.05, 0) is 59.6 Å². The quantitative estimate of drug-likeness (QED) is 0.651. The molecule has 9 heteroatoms. The average Bonchev–Trinajstić information content (AvgIpc) is 3.13. The number of carbonyl (C=O) groups excluding carboxylic acids is 2. The second-order valence-corrected chi connectivity index (χ2v) is 8.31. The summed E-state index contributed by atoms with van der Waals surface area (Å²) in [6.07, 6.45) is 8.57. The van der Waals surface area contributed by atoms with Crippen molar-refractivity contribution in [1.82, 2.24) is 14.7 Å². The molecule has 0 bridgehead atoms. The molecule has 0 saturated carbocycles. The number of likely N-dealkylation sites (tertiary alicyclic amines) is 1. The molecule has 1 aromatic rings. The number of carbonyl (C=O) groups is 2. The van der Waals surface area contributed by atoms with E-state index in [0.717, 1.165) is 0 Å². The van der Waals surface area contributed by atoms with Crippen LogP contribution in [0.15, 0.2) is 42.0 Å². The van der Waals surface area contributed by atoms with E-state index in [1.807, 2.05) is 20.8 Å². The van der Waals surface area contributed by atoms with Gasteiger partial charge in [0.15, 0.2) is 5.82 Å². The third-order valence-electron chi connectivity index (χ3n) is 4.76. The molecule has 2 rings (SSSR count). The Morgan fingerprint density at radius 1 is 1.23 bits per heavy atom. The van der Waals surface area contributed by atoms with Crippen molar-refractivity contribution < 1.29 is 18.7 Å². The fourth-order valence-electron chi connectivity index (χ4n) is 3.10. The summed E-state index contributed by atoms with van der Waals surface area (Å²) in [5.74, 6) is -0.682. The van der Waals surface area contributed by atoms with Gasteiger partial charge in [-0.25, -0.2) is 9.18 Å². The van der Waals surface area contributed by atoms with Crippen LogP contribution in [0.25, 0.3) is 0 Å². The number of ether oxygens (including phenoxy) is 1. The van der Waals surface area contributed by atoms with Gasteiger partial charge in [-0.3, -0.25) is 9.48 Å². The second kappa shape index (κ2) is 10.3. The number of nitrogens with two attached hydrogens (primary N) is 1. The summed E-state index contributed by atoms with van der Waals surface area (Å²) in [6.45, 7) is 9.95. The van der Waals surface area contributed by atoms with E-state index >= 15 is 0 Å². The van der Waals surface area contributed by atoms with E-state index in [1.54, 1.807) is 41.8 Å². The molecule has 2 amide bonds. The van der Waals surface area contributed by atoms with Crippen LogP contribution in [-0.2, 0) is 4.74 Å². The Labute approximate surface area is 182 Å². The largest absolute Gasteiger partial charge is 0.444 e. The van der Waals surface area contributed by atoms with E-state index in [4.69, 9.17) is 10.5 Å². The van der Waals surface area contributed by atoms with Crippen molar-refractivity contribution in [3.05, 3.63) is 47.6 Å². The van der Waals surface area contributed by atoms with Crippen LogP contribution >= 0.6 is 0 Å². The van der Waals surface area contributed by atoms with Crippen LogP contribution in [0.4, 0.5) is 15.0 Å². The van der Waals surface area contributed by atoms with Crippen LogP contribution in [0.1, 0.15) is 63.9 Å². The molecule has 0 radical (unpaired) electrons. The normalized spacial score (nSPS) is 16.6. The number of amides is 2. The zero-order valence-electron chi connectivity index (χ0n) is 18.8. The van der Waals surface area contributed by atoms with E-state index in [2.05, 4.69) is 10.4 Å². The Balaban J connectivity index is 2.11. The number of nitrogens with one attached hydrogen (secondary N) is 1. The molecule has 2 heterocycles. The molecular formula is C22H32FN5O3. The summed E-state index contributed by atoms with van der Waals surface area (Å²) in [7, 11) is 0. The molecule has 1 saturated heterocycles. The summed E-state index contributed by atoms with van der Waals surface area (Å²) in [5.41, 5.74) is 5.81. The van der Waals surface area contributed by atoms with Gasteiger partial charge in [-0.2, -0.15) is 5.10 Å². The van der Waals surface area contributed by atoms with Crippen LogP contribution in [-0.4, -0.2) is 45.4 Å². The fraction of sp³-hybridized carbons (Fsp3) is 0.500. The first-order valence-electron chi connectivity index (χ1n) is 10.3. The van der Waals surface area contributed by atoms with Gasteiger partial charge in [0, 0.05) is 25.0 Å². The Morgan fingerprint density at radius 3 is 2.39 bits per heavy atom. The maximum atomic E-state index is 13.4. The summed E-state index contributed by atoms with van der Waals surface area (Å²) in [5, 5.41) is 7.54. The smallest absolute Gasteiger partial charge is 0.410 e. The van der Waals surface area contributed by atoms with Gasteiger partial charge >= 0.3 is 6.09 Å². The lowest BCUT2D eigenvalue weighted by Crippen LogP contribution is -2.42. The highest BCUT2D eigenvalue weighted by atomic mass is 19.1. The monoisotopic (exact) mass is 433 g/mol. The standard InChI is InChI=1S/C22H32FN5O3/c1-6-15(23)8-9-16(7-2)25-20-18(19(24)29)14-28(26-20)17-10-12-27(13-11-17)21(30)31-22(3,4)5/h6-9,14,17H,10-13H2,1-5H3,(H2,24,29)(H,25,26)/b9-8-,15-6+,16-7+. The van der Waals surface area contributed by atoms with Crippen LogP contribution < -0.4 is 11.1 Å². The Morgan fingerprint density at radius 2 is 1.87 bits per heavy atom. The van der Waals surface area contributed by atoms with E-state index in [1.165, 1.54) is 12.2 Å². The molecule has 0 atom stereocenters. The fourth-order valence-corrected chi connectivity index (χ4v) is 3.10. The number of hydrogen-bond acceptors (Lipinski definition) is 5. The Kier molecular flexibility index (Phi) is 8.01. The van der Waals surface area contributed by atoms with Gasteiger partial charge < -0.3 is 20.7 Å². The zero-order valence-corrected chi connectivity index (χ0v) is 18.8. The highest BCUT2D eigenvalue weighted by Gasteiger charge is 2.28. The predicted octanol–water partition coefficient (Wildman–Crippen LogP) is 4.30. The number of halogens is 1. The maximum Gasteiger partial charge on any atom is 0.410 e. The van der Waals surface area contributed by atoms with Crippen LogP contribution in [0.3, 0.4) is 0 Å². The van der Waals surface area contributed by atoms with Gasteiger partial charge in [0.25, 0.3) is 5.91 Å². The molecule has 0 unspecified atom stereocenters. The van der Waals surface area contributed by atoms with Gasteiger partial charge in [0.2, 0.25) is 0 Å². The Bertz CT molecular complexity index is 887. The van der Waals surface area contributed by atoms with Gasteiger partial charge in [0.05, 0.1) is 6.04 Å². The first-order valence-corrected chi connectivity index (χ1v) is 10.3. The molecule has 0 aromatic carbocycles. The highest BCUT2D eigenvalue weighted by molar-refractivity contribution is 5.97. The molecule has 1 fully saturated rings. The summed E-state index contributed by atoms with van der Waals surface area (Å²) in [6, 6.07) is 0.0115. The molecule has 0 spiro atoms. The third-order valence-corrected chi connectivity index (χ3v) is 4.76. The summed E-state index contributed by atoms with van der Waals surface area (Å²) < 4.78 is 20.5. The lowest BCUT2D eigenvalue weighted by atomic mass is 10.1. The molecule has 170 valence electrons. The lowest BCUT2D eigenvalue weighted by Gasteiger charge is -2.33. The van der Waals surface area contributed by atoms with E-state index in [9.17, 15) is 14.0 Å². The molecule has 3 N–H and O–H groups in total. The van der Waals surface area contributed by atoms with Crippen molar-refractivity contribution in [3.63, 3.8) is 0 Å². The minimum Gasteiger partial charge on any atom is -0.444 e. The number of anilines is 1. The molecule has 1 aliphatic heterocycles. The SMILES string of the molecule is C\C=C(F)/C=C\C(=C/C)Nc1nn(C2CCN(C(=O)OC(C)(C)C)CC2)cc1C(N)=O. The minimum atomic E-state index is -0.612. The van der Waals surface area contributed by atoms with Crippen molar-refractivity contribution >= 4 is 17.8 Å². The number of aromatic nitrogens is 2. The molecule has 31 heavy (non-hydrogen) atoms. The van der Waals surface area contributed by atoms with Crippen molar-refractivity contribution in [3.8, 4) is 0 Å². The topological polar surface area (TPSA) is 102 Å². The second-order valence-electron chi connectivity index (χ2n) is 8.31. The third kappa shape index (κ3) is 6.97. The van der Waals surface area contributed by atoms with E-state index in [0.29, 0.717) is 37.4 Å². The van der Waals surface area contributed by atoms with E-state index in [-0.39, 0.29) is 23.5 Å². The number of hydrogen-bond donors (Lipinski definition) is 2. The predicted molar refractivity (Wildman–Crippen MR) is 118 cm³/mol. The highest BCUT2D eigenvalue weighted by Crippen LogP contribution is 2.26. The number of rotatable bonds is 6. The first kappa shape index (κ1) is 24.2. The van der Waals surface area contributed by atoms with Gasteiger partial charge in [0.1, 0.15) is 17.0 Å². The van der Waals surface area contributed by atoms with Gasteiger partial charge in [-0.15, -0.1) is 0 Å². The molecule has 0 aliphatic carbocycles. The van der Waals surface area contributed by atoms with Crippen molar-refractivity contribution in [1.29, 1.82) is 0 Å². The first-order chi connectivity index (χ1) is 14.5. The molecule has 1 aliphatic rings. The maximum absolute atomic E-state index is 13.4. The van der Waals surface area contributed by atoms with Crippen molar-refractivity contribution in [2.45, 2.75) is 59.1 Å². The van der Waals surface area contributed by atoms with Crippen molar-refractivity contribution in [2.24, 2.45) is 5.73 Å². The molecular weight excluding hydrogens is 401 g/mol. The molecule has 1 aromatic heterocycles.